The van der Waals surface area contributed by atoms with Crippen molar-refractivity contribution in [2.75, 3.05) is 0 Å². The van der Waals surface area contributed by atoms with E-state index in [-0.39, 0.29) is 34.6 Å². The van der Waals surface area contributed by atoms with Crippen molar-refractivity contribution in [2.24, 2.45) is 5.41 Å². The average Bonchev–Trinajstić information content (AvgIpc) is 2.66. The van der Waals surface area contributed by atoms with Crippen LogP contribution in [0.15, 0.2) is 47.4 Å². The van der Waals surface area contributed by atoms with E-state index in [4.69, 9.17) is 15.8 Å². The zero-order valence-electron chi connectivity index (χ0n) is 18.5. The fourth-order valence-corrected chi connectivity index (χ4v) is 4.13. The van der Waals surface area contributed by atoms with Crippen LogP contribution in [-0.2, 0) is 21.5 Å². The van der Waals surface area contributed by atoms with E-state index in [1.165, 1.54) is 12.1 Å². The third-order valence-corrected chi connectivity index (χ3v) is 6.27. The lowest BCUT2D eigenvalue weighted by Gasteiger charge is -2.32. The van der Waals surface area contributed by atoms with Crippen LogP contribution in [0.25, 0.3) is 0 Å². The second-order valence-corrected chi connectivity index (χ2v) is 10.7. The monoisotopic (exact) mass is 469 g/mol. The zero-order valence-corrected chi connectivity index (χ0v) is 20.1. The number of nitrogens with zero attached hydrogens (tertiary/aromatic N) is 1. The summed E-state index contributed by atoms with van der Waals surface area (Å²) in [7, 11) is -4.19. The van der Waals surface area contributed by atoms with Crippen LogP contribution in [0, 0.1) is 11.2 Å². The lowest BCUT2D eigenvalue weighted by molar-refractivity contribution is -0.135. The molecule has 0 heterocycles. The van der Waals surface area contributed by atoms with Crippen molar-refractivity contribution in [3.63, 3.8) is 0 Å². The summed E-state index contributed by atoms with van der Waals surface area (Å²) >= 11 is 6.16. The van der Waals surface area contributed by atoms with Gasteiger partial charge in [0.1, 0.15) is 16.5 Å². The Hall–Kier alpha value is -2.12. The molecule has 0 radical (unpaired) electrons. The molecule has 8 heteroatoms. The molecule has 2 aromatic carbocycles. The van der Waals surface area contributed by atoms with Crippen molar-refractivity contribution >= 4 is 27.6 Å². The van der Waals surface area contributed by atoms with E-state index in [9.17, 15) is 17.6 Å². The van der Waals surface area contributed by atoms with Crippen LogP contribution in [0.2, 0.25) is 5.02 Å². The van der Waals surface area contributed by atoms with Gasteiger partial charge in [0, 0.05) is 29.6 Å². The Bertz CT molecular complexity index is 1020. The van der Waals surface area contributed by atoms with Gasteiger partial charge in [-0.3, -0.25) is 4.79 Å². The maximum Gasteiger partial charge on any atom is 0.339 e. The van der Waals surface area contributed by atoms with Crippen molar-refractivity contribution in [3.8, 4) is 5.75 Å². The van der Waals surface area contributed by atoms with Crippen molar-refractivity contribution < 1.29 is 21.8 Å². The Morgan fingerprint density at radius 3 is 2.32 bits per heavy atom. The third-order valence-electron chi connectivity index (χ3n) is 4.79. The van der Waals surface area contributed by atoms with Gasteiger partial charge in [-0.25, -0.2) is 4.39 Å². The molecule has 0 fully saturated rings. The van der Waals surface area contributed by atoms with Gasteiger partial charge in [-0.1, -0.05) is 39.3 Å². The van der Waals surface area contributed by atoms with Gasteiger partial charge >= 0.3 is 10.1 Å². The van der Waals surface area contributed by atoms with Crippen LogP contribution in [0.1, 0.15) is 53.0 Å². The summed E-state index contributed by atoms with van der Waals surface area (Å²) < 4.78 is 43.9. The number of hydrogen-bond donors (Lipinski definition) is 0. The molecule has 0 spiro atoms. The minimum Gasteiger partial charge on any atom is -0.379 e. The van der Waals surface area contributed by atoms with E-state index in [1.807, 2.05) is 34.6 Å². The fourth-order valence-electron chi connectivity index (χ4n) is 2.97. The number of hydrogen-bond acceptors (Lipinski definition) is 4. The van der Waals surface area contributed by atoms with Gasteiger partial charge in [0.15, 0.2) is 0 Å². The average molecular weight is 470 g/mol. The van der Waals surface area contributed by atoms with Crippen molar-refractivity contribution in [3.05, 3.63) is 58.9 Å². The number of amides is 1. The highest BCUT2D eigenvalue weighted by Crippen LogP contribution is 2.30. The molecular weight excluding hydrogens is 441 g/mol. The molecule has 0 saturated heterocycles. The predicted molar refractivity (Wildman–Crippen MR) is 120 cm³/mol. The molecule has 0 N–H and O–H groups in total. The van der Waals surface area contributed by atoms with Gasteiger partial charge in [0.25, 0.3) is 0 Å². The van der Waals surface area contributed by atoms with Gasteiger partial charge in [-0.05, 0) is 61.2 Å². The summed E-state index contributed by atoms with van der Waals surface area (Å²) in [5.74, 6) is -0.507. The van der Waals surface area contributed by atoms with Crippen LogP contribution < -0.4 is 4.18 Å². The van der Waals surface area contributed by atoms with Gasteiger partial charge in [0.05, 0.1) is 0 Å². The number of halogens is 2. The van der Waals surface area contributed by atoms with Crippen molar-refractivity contribution in [2.45, 2.75) is 64.9 Å². The normalized spacial score (nSPS) is 13.0. The summed E-state index contributed by atoms with van der Waals surface area (Å²) in [6.07, 6.45) is 1.09. The van der Waals surface area contributed by atoms with Crippen molar-refractivity contribution in [1.29, 1.82) is 0 Å². The SMILES string of the molecule is CCC(C)N(Cc1cc(Cl)ccc1OS(=O)(=O)c1ccc(F)cc1)C(=O)CC(C)(C)C. The van der Waals surface area contributed by atoms with Gasteiger partial charge in [0.2, 0.25) is 5.91 Å². The lowest BCUT2D eigenvalue weighted by atomic mass is 9.91. The lowest BCUT2D eigenvalue weighted by Crippen LogP contribution is -2.39. The van der Waals surface area contributed by atoms with Crippen LogP contribution in [0.4, 0.5) is 4.39 Å². The first-order chi connectivity index (χ1) is 14.3. The Morgan fingerprint density at radius 1 is 1.16 bits per heavy atom. The number of carbonyl (C=O) groups excluding carboxylic acids is 1. The molecular formula is C23H29ClFNO4S. The maximum absolute atomic E-state index is 13.2. The van der Waals surface area contributed by atoms with Crippen LogP contribution >= 0.6 is 11.6 Å². The molecule has 2 aromatic rings. The van der Waals surface area contributed by atoms with Crippen LogP contribution in [0.3, 0.4) is 0 Å². The predicted octanol–water partition coefficient (Wildman–Crippen LogP) is 5.81. The molecule has 0 aliphatic rings. The molecule has 0 aliphatic heterocycles. The fraction of sp³-hybridized carbons (Fsp3) is 0.435. The molecule has 1 unspecified atom stereocenters. The molecule has 5 nitrogen and oxygen atoms in total. The highest BCUT2D eigenvalue weighted by atomic mass is 35.5. The molecule has 2 rings (SSSR count). The Labute approximate surface area is 189 Å². The first kappa shape index (κ1) is 25.1. The van der Waals surface area contributed by atoms with E-state index in [2.05, 4.69) is 0 Å². The largest absolute Gasteiger partial charge is 0.379 e. The molecule has 0 bridgehead atoms. The highest BCUT2D eigenvalue weighted by molar-refractivity contribution is 7.87. The van der Waals surface area contributed by atoms with E-state index < -0.39 is 15.9 Å². The maximum atomic E-state index is 13.2. The summed E-state index contributed by atoms with van der Waals surface area (Å²) in [6.45, 7) is 10.0. The quantitative estimate of drug-likeness (QED) is 0.457. The first-order valence-electron chi connectivity index (χ1n) is 10.1. The molecule has 1 amide bonds. The summed E-state index contributed by atoms with van der Waals surface area (Å²) in [4.78, 5) is 14.5. The molecule has 0 aromatic heterocycles. The minimum absolute atomic E-state index is 0.0332. The third kappa shape index (κ3) is 7.21. The summed E-state index contributed by atoms with van der Waals surface area (Å²) in [6, 6.07) is 8.89. The van der Waals surface area contributed by atoms with Gasteiger partial charge < -0.3 is 9.08 Å². The highest BCUT2D eigenvalue weighted by Gasteiger charge is 2.26. The Morgan fingerprint density at radius 2 is 1.77 bits per heavy atom. The van der Waals surface area contributed by atoms with Crippen LogP contribution in [-0.4, -0.2) is 25.3 Å². The summed E-state index contributed by atoms with van der Waals surface area (Å²) in [5, 5.41) is 0.397. The van der Waals surface area contributed by atoms with E-state index in [1.54, 1.807) is 11.0 Å². The Kier molecular flexibility index (Phi) is 8.11. The van der Waals surface area contributed by atoms with Crippen LogP contribution in [0.5, 0.6) is 5.75 Å². The molecule has 1 atom stereocenters. The van der Waals surface area contributed by atoms with Gasteiger partial charge in [-0.2, -0.15) is 8.42 Å². The number of carbonyl (C=O) groups is 1. The minimum atomic E-state index is -4.19. The Balaban J connectivity index is 2.38. The zero-order chi connectivity index (χ0) is 23.4. The molecule has 0 saturated carbocycles. The van der Waals surface area contributed by atoms with Crippen molar-refractivity contribution in [1.82, 2.24) is 4.90 Å². The number of benzene rings is 2. The standard InChI is InChI=1S/C23H29ClFNO4S/c1-6-16(2)26(22(27)14-23(3,4)5)15-17-13-18(24)7-12-21(17)30-31(28,29)20-10-8-19(25)9-11-20/h7-13,16H,6,14-15H2,1-5H3. The first-order valence-corrected chi connectivity index (χ1v) is 11.9. The smallest absolute Gasteiger partial charge is 0.339 e. The molecule has 31 heavy (non-hydrogen) atoms. The second-order valence-electron chi connectivity index (χ2n) is 8.76. The second kappa shape index (κ2) is 10.0. The summed E-state index contributed by atoms with van der Waals surface area (Å²) in [5.41, 5.74) is 0.281. The number of rotatable bonds is 8. The van der Waals surface area contributed by atoms with E-state index in [0.29, 0.717) is 17.0 Å². The topological polar surface area (TPSA) is 63.7 Å². The van der Waals surface area contributed by atoms with Gasteiger partial charge in [-0.15, -0.1) is 0 Å². The molecule has 0 aliphatic carbocycles. The molecule has 170 valence electrons. The van der Waals surface area contributed by atoms with E-state index >= 15 is 0 Å². The van der Waals surface area contributed by atoms with E-state index in [0.717, 1.165) is 30.7 Å².